The third-order valence-corrected chi connectivity index (χ3v) is 4.24. The van der Waals surface area contributed by atoms with E-state index in [0.717, 1.165) is 11.3 Å². The molecule has 1 aromatic carbocycles. The first-order valence-electron chi connectivity index (χ1n) is 6.29. The predicted molar refractivity (Wildman–Crippen MR) is 74.3 cm³/mol. The van der Waals surface area contributed by atoms with Crippen LogP contribution in [0.2, 0.25) is 0 Å². The molecule has 102 valence electrons. The number of nitrogens with zero attached hydrogens (tertiary/aromatic N) is 1. The highest BCUT2D eigenvalue weighted by Crippen LogP contribution is 2.22. The second-order valence-corrected chi connectivity index (χ2v) is 5.73. The molecule has 0 bridgehead atoms. The minimum absolute atomic E-state index is 0.0875. The van der Waals surface area contributed by atoms with E-state index in [4.69, 9.17) is 5.11 Å². The van der Waals surface area contributed by atoms with E-state index >= 15 is 0 Å². The molecular weight excluding hydrogens is 262 g/mol. The van der Waals surface area contributed by atoms with Crippen molar-refractivity contribution >= 4 is 23.6 Å². The molecule has 19 heavy (non-hydrogen) atoms. The van der Waals surface area contributed by atoms with Crippen molar-refractivity contribution < 1.29 is 14.7 Å². The summed E-state index contributed by atoms with van der Waals surface area (Å²) in [7, 11) is 0. The predicted octanol–water partition coefficient (Wildman–Crippen LogP) is 2.16. The van der Waals surface area contributed by atoms with Crippen molar-refractivity contribution in [1.29, 1.82) is 0 Å². The monoisotopic (exact) mass is 279 g/mol. The zero-order valence-electron chi connectivity index (χ0n) is 10.8. The number of thioether (sulfide) groups is 1. The summed E-state index contributed by atoms with van der Waals surface area (Å²) in [5.74, 6) is -0.686. The van der Waals surface area contributed by atoms with Crippen LogP contribution in [-0.4, -0.2) is 40.2 Å². The van der Waals surface area contributed by atoms with Crippen LogP contribution in [0.15, 0.2) is 29.2 Å². The van der Waals surface area contributed by atoms with E-state index in [1.54, 1.807) is 0 Å². The van der Waals surface area contributed by atoms with E-state index in [-0.39, 0.29) is 5.91 Å². The van der Waals surface area contributed by atoms with Crippen LogP contribution >= 0.6 is 11.8 Å². The lowest BCUT2D eigenvalue weighted by Gasteiger charge is -2.21. The summed E-state index contributed by atoms with van der Waals surface area (Å²) >= 11 is 1.45. The standard InChI is InChI=1S/C14H17NO3S/c1-10-4-6-11(7-5-10)19-9-13(16)15-8-2-3-12(15)14(17)18/h4-7,12H,2-3,8-9H2,1H3,(H,17,18). The SMILES string of the molecule is Cc1ccc(SCC(=O)N2CCCC2C(=O)O)cc1. The lowest BCUT2D eigenvalue weighted by atomic mass is 10.2. The third kappa shape index (κ3) is 3.50. The molecule has 5 heteroatoms. The lowest BCUT2D eigenvalue weighted by molar-refractivity contribution is -0.147. The van der Waals surface area contributed by atoms with Gasteiger partial charge in [-0.25, -0.2) is 4.79 Å². The molecule has 1 amide bonds. The second kappa shape index (κ2) is 6.10. The Morgan fingerprint density at radius 3 is 2.68 bits per heavy atom. The van der Waals surface area contributed by atoms with Crippen LogP contribution in [0.1, 0.15) is 18.4 Å². The Bertz CT molecular complexity index is 472. The number of carboxylic acid groups (broad SMARTS) is 1. The number of rotatable bonds is 4. The van der Waals surface area contributed by atoms with Crippen LogP contribution in [0, 0.1) is 6.92 Å². The maximum atomic E-state index is 12.0. The highest BCUT2D eigenvalue weighted by molar-refractivity contribution is 8.00. The number of aryl methyl sites for hydroxylation is 1. The van der Waals surface area contributed by atoms with Gasteiger partial charge in [0.05, 0.1) is 5.75 Å². The van der Waals surface area contributed by atoms with Gasteiger partial charge in [0.1, 0.15) is 6.04 Å². The minimum Gasteiger partial charge on any atom is -0.480 e. The van der Waals surface area contributed by atoms with Crippen LogP contribution < -0.4 is 0 Å². The molecule has 2 rings (SSSR count). The highest BCUT2D eigenvalue weighted by atomic mass is 32.2. The third-order valence-electron chi connectivity index (χ3n) is 3.24. The number of amides is 1. The van der Waals surface area contributed by atoms with Gasteiger partial charge in [-0.05, 0) is 31.9 Å². The van der Waals surface area contributed by atoms with Crippen molar-refractivity contribution in [3.63, 3.8) is 0 Å². The smallest absolute Gasteiger partial charge is 0.326 e. The van der Waals surface area contributed by atoms with E-state index in [1.165, 1.54) is 22.2 Å². The van der Waals surface area contributed by atoms with Crippen LogP contribution in [0.25, 0.3) is 0 Å². The zero-order chi connectivity index (χ0) is 13.8. The molecule has 1 heterocycles. The fourth-order valence-electron chi connectivity index (χ4n) is 2.18. The Labute approximate surface area is 116 Å². The van der Waals surface area contributed by atoms with Crippen molar-refractivity contribution in [3.8, 4) is 0 Å². The molecule has 0 aliphatic carbocycles. The Hall–Kier alpha value is -1.49. The van der Waals surface area contributed by atoms with Crippen molar-refractivity contribution in [2.24, 2.45) is 0 Å². The van der Waals surface area contributed by atoms with Crippen molar-refractivity contribution in [2.75, 3.05) is 12.3 Å². The number of carbonyl (C=O) groups is 2. The molecule has 1 aromatic rings. The van der Waals surface area contributed by atoms with E-state index < -0.39 is 12.0 Å². The molecule has 0 spiro atoms. The normalized spacial score (nSPS) is 18.6. The fraction of sp³-hybridized carbons (Fsp3) is 0.429. The number of hydrogen-bond acceptors (Lipinski definition) is 3. The number of likely N-dealkylation sites (tertiary alicyclic amines) is 1. The number of hydrogen-bond donors (Lipinski definition) is 1. The van der Waals surface area contributed by atoms with Gasteiger partial charge < -0.3 is 10.0 Å². The molecule has 1 aliphatic rings. The summed E-state index contributed by atoms with van der Waals surface area (Å²) in [6.45, 7) is 2.57. The summed E-state index contributed by atoms with van der Waals surface area (Å²) in [6.07, 6.45) is 1.34. The van der Waals surface area contributed by atoms with Gasteiger partial charge in [-0.3, -0.25) is 4.79 Å². The molecule has 1 N–H and O–H groups in total. The van der Waals surface area contributed by atoms with Gasteiger partial charge in [0.15, 0.2) is 0 Å². The maximum absolute atomic E-state index is 12.0. The number of benzene rings is 1. The Balaban J connectivity index is 1.90. The molecule has 1 atom stereocenters. The van der Waals surface area contributed by atoms with E-state index in [0.29, 0.717) is 18.7 Å². The summed E-state index contributed by atoms with van der Waals surface area (Å²) in [4.78, 5) is 25.6. The Kier molecular flexibility index (Phi) is 4.47. The quantitative estimate of drug-likeness (QED) is 0.858. The first-order chi connectivity index (χ1) is 9.08. The topological polar surface area (TPSA) is 57.6 Å². The van der Waals surface area contributed by atoms with Crippen LogP contribution in [-0.2, 0) is 9.59 Å². The van der Waals surface area contributed by atoms with Gasteiger partial charge in [-0.15, -0.1) is 11.8 Å². The van der Waals surface area contributed by atoms with Crippen molar-refractivity contribution in [3.05, 3.63) is 29.8 Å². The number of aliphatic carboxylic acids is 1. The first-order valence-corrected chi connectivity index (χ1v) is 7.28. The molecule has 1 unspecified atom stereocenters. The van der Waals surface area contributed by atoms with Gasteiger partial charge in [0.25, 0.3) is 0 Å². The first kappa shape index (κ1) is 13.9. The van der Waals surface area contributed by atoms with E-state index in [1.807, 2.05) is 31.2 Å². The van der Waals surface area contributed by atoms with Gasteiger partial charge in [0, 0.05) is 11.4 Å². The molecule has 0 saturated carbocycles. The molecule has 0 radical (unpaired) electrons. The summed E-state index contributed by atoms with van der Waals surface area (Å²) < 4.78 is 0. The number of carbonyl (C=O) groups excluding carboxylic acids is 1. The van der Waals surface area contributed by atoms with Gasteiger partial charge in [-0.2, -0.15) is 0 Å². The highest BCUT2D eigenvalue weighted by Gasteiger charge is 2.33. The van der Waals surface area contributed by atoms with E-state index in [9.17, 15) is 9.59 Å². The largest absolute Gasteiger partial charge is 0.480 e. The van der Waals surface area contributed by atoms with Crippen LogP contribution in [0.5, 0.6) is 0 Å². The molecule has 1 fully saturated rings. The zero-order valence-corrected chi connectivity index (χ0v) is 11.7. The second-order valence-electron chi connectivity index (χ2n) is 4.69. The molecule has 0 aromatic heterocycles. The van der Waals surface area contributed by atoms with Gasteiger partial charge >= 0.3 is 5.97 Å². The molecule has 1 saturated heterocycles. The Morgan fingerprint density at radius 1 is 1.37 bits per heavy atom. The van der Waals surface area contributed by atoms with Crippen molar-refractivity contribution in [2.45, 2.75) is 30.7 Å². The summed E-state index contributed by atoms with van der Waals surface area (Å²) in [5.41, 5.74) is 1.18. The average molecular weight is 279 g/mol. The average Bonchev–Trinajstić information content (AvgIpc) is 2.87. The van der Waals surface area contributed by atoms with E-state index in [2.05, 4.69) is 0 Å². The number of carboxylic acids is 1. The molecule has 1 aliphatic heterocycles. The molecular formula is C14H17NO3S. The summed E-state index contributed by atoms with van der Waals surface area (Å²) in [6, 6.07) is 7.33. The maximum Gasteiger partial charge on any atom is 0.326 e. The minimum atomic E-state index is -0.897. The summed E-state index contributed by atoms with van der Waals surface area (Å²) in [5, 5.41) is 9.05. The van der Waals surface area contributed by atoms with Crippen LogP contribution in [0.4, 0.5) is 0 Å². The van der Waals surface area contributed by atoms with Gasteiger partial charge in [-0.1, -0.05) is 17.7 Å². The Morgan fingerprint density at radius 2 is 2.05 bits per heavy atom. The van der Waals surface area contributed by atoms with Crippen molar-refractivity contribution in [1.82, 2.24) is 4.90 Å². The fourth-order valence-corrected chi connectivity index (χ4v) is 2.97. The molecule has 4 nitrogen and oxygen atoms in total. The van der Waals surface area contributed by atoms with Crippen LogP contribution in [0.3, 0.4) is 0 Å². The lowest BCUT2D eigenvalue weighted by Crippen LogP contribution is -2.41. The van der Waals surface area contributed by atoms with Gasteiger partial charge in [0.2, 0.25) is 5.91 Å².